The summed E-state index contributed by atoms with van der Waals surface area (Å²) < 4.78 is 24.6. The molecule has 0 spiro atoms. The maximum absolute atomic E-state index is 13.6. The first-order valence-electron chi connectivity index (χ1n) is 8.69. The molecule has 1 N–H and O–H groups in total. The van der Waals surface area contributed by atoms with E-state index in [9.17, 15) is 9.36 Å². The zero-order chi connectivity index (χ0) is 20.7. The van der Waals surface area contributed by atoms with Crippen LogP contribution in [0.3, 0.4) is 0 Å². The van der Waals surface area contributed by atoms with Crippen molar-refractivity contribution < 1.29 is 18.6 Å². The van der Waals surface area contributed by atoms with Crippen LogP contribution in [0.5, 0.6) is 5.75 Å². The molecular formula is C19H22Cl2NO4PS. The third-order valence-electron chi connectivity index (χ3n) is 3.63. The van der Waals surface area contributed by atoms with Gasteiger partial charge in [0.05, 0.1) is 6.10 Å². The van der Waals surface area contributed by atoms with Crippen LogP contribution in [0.4, 0.5) is 0 Å². The summed E-state index contributed by atoms with van der Waals surface area (Å²) >= 11 is 13.0. The van der Waals surface area contributed by atoms with Gasteiger partial charge < -0.3 is 9.26 Å². The number of carbonyl (C=O) groups excluding carboxylic acids is 1. The van der Waals surface area contributed by atoms with Gasteiger partial charge in [-0.2, -0.15) is 0 Å². The van der Waals surface area contributed by atoms with Crippen molar-refractivity contribution in [2.24, 2.45) is 0 Å². The summed E-state index contributed by atoms with van der Waals surface area (Å²) in [4.78, 5) is 12.8. The van der Waals surface area contributed by atoms with Gasteiger partial charge in [-0.05, 0) is 62.0 Å². The molecule has 0 saturated carbocycles. The van der Waals surface area contributed by atoms with Crippen molar-refractivity contribution in [1.82, 2.24) is 5.09 Å². The number of hydrogen-bond acceptors (Lipinski definition) is 5. The Balaban J connectivity index is 2.25. The van der Waals surface area contributed by atoms with Crippen LogP contribution in [0.2, 0.25) is 10.0 Å². The van der Waals surface area contributed by atoms with Crippen molar-refractivity contribution in [1.29, 1.82) is 0 Å². The lowest BCUT2D eigenvalue weighted by Crippen LogP contribution is -2.35. The van der Waals surface area contributed by atoms with Gasteiger partial charge in [-0.1, -0.05) is 48.3 Å². The lowest BCUT2D eigenvalue weighted by Gasteiger charge is -2.23. The summed E-state index contributed by atoms with van der Waals surface area (Å²) in [5.74, 6) is -0.0996. The fraction of sp³-hybridized carbons (Fsp3) is 0.316. The normalized spacial score (nSPS) is 15.3. The summed E-state index contributed by atoms with van der Waals surface area (Å²) in [7, 11) is 0. The number of para-hydroxylation sites is 1. The Labute approximate surface area is 179 Å². The van der Waals surface area contributed by atoms with E-state index in [4.69, 9.17) is 32.5 Å². The van der Waals surface area contributed by atoms with Crippen molar-refractivity contribution in [3.63, 3.8) is 0 Å². The lowest BCUT2D eigenvalue weighted by atomic mass is 10.3. The molecule has 2 aromatic rings. The number of esters is 1. The Hall–Kier alpha value is -1.17. The van der Waals surface area contributed by atoms with Crippen LogP contribution in [-0.2, 0) is 14.1 Å². The van der Waals surface area contributed by atoms with Gasteiger partial charge in [-0.25, -0.2) is 9.65 Å². The van der Waals surface area contributed by atoms with E-state index in [1.165, 1.54) is 0 Å². The SMILES string of the molecule is CC[C@@H](C)OC(=O)[C@H](C)N[P@](=O)(Oc1ccccc1)Sc1cc(Cl)cc(Cl)c1. The second-order valence-corrected chi connectivity index (χ2v) is 11.1. The first-order valence-corrected chi connectivity index (χ1v) is 12.5. The second kappa shape index (κ2) is 10.6. The van der Waals surface area contributed by atoms with Crippen LogP contribution in [0.1, 0.15) is 27.2 Å². The van der Waals surface area contributed by atoms with Crippen LogP contribution < -0.4 is 9.61 Å². The molecule has 0 radical (unpaired) electrons. The summed E-state index contributed by atoms with van der Waals surface area (Å²) in [5, 5.41) is 3.61. The van der Waals surface area contributed by atoms with Gasteiger partial charge in [0.15, 0.2) is 0 Å². The second-order valence-electron chi connectivity index (χ2n) is 6.10. The van der Waals surface area contributed by atoms with E-state index >= 15 is 0 Å². The molecule has 5 nitrogen and oxygen atoms in total. The maximum Gasteiger partial charge on any atom is 0.379 e. The molecule has 0 aliphatic carbocycles. The number of halogens is 2. The molecule has 0 bridgehead atoms. The fourth-order valence-electron chi connectivity index (χ4n) is 2.09. The molecule has 0 aromatic heterocycles. The van der Waals surface area contributed by atoms with Crippen molar-refractivity contribution in [3.8, 4) is 5.75 Å². The largest absolute Gasteiger partial charge is 0.462 e. The monoisotopic (exact) mass is 461 g/mol. The van der Waals surface area contributed by atoms with E-state index in [1.807, 2.05) is 13.0 Å². The zero-order valence-electron chi connectivity index (χ0n) is 15.7. The highest BCUT2D eigenvalue weighted by molar-refractivity contribution is 8.56. The molecule has 0 fully saturated rings. The van der Waals surface area contributed by atoms with Crippen molar-refractivity contribution in [3.05, 3.63) is 58.6 Å². The predicted molar refractivity (Wildman–Crippen MR) is 115 cm³/mol. The predicted octanol–water partition coefficient (Wildman–Crippen LogP) is 6.59. The van der Waals surface area contributed by atoms with Crippen LogP contribution in [0.15, 0.2) is 53.4 Å². The number of benzene rings is 2. The molecular weight excluding hydrogens is 440 g/mol. The molecule has 2 rings (SSSR count). The van der Waals surface area contributed by atoms with Gasteiger partial charge in [-0.15, -0.1) is 0 Å². The minimum atomic E-state index is -3.62. The first kappa shape index (κ1) is 23.1. The van der Waals surface area contributed by atoms with E-state index < -0.39 is 18.7 Å². The number of hydrogen-bond donors (Lipinski definition) is 1. The lowest BCUT2D eigenvalue weighted by molar-refractivity contribution is -0.149. The zero-order valence-corrected chi connectivity index (χ0v) is 18.9. The van der Waals surface area contributed by atoms with E-state index in [1.54, 1.807) is 56.3 Å². The number of nitrogens with one attached hydrogen (secondary N) is 1. The highest BCUT2D eigenvalue weighted by Gasteiger charge is 2.32. The third kappa shape index (κ3) is 7.34. The quantitative estimate of drug-likeness (QED) is 0.335. The van der Waals surface area contributed by atoms with Crippen molar-refractivity contribution >= 4 is 47.3 Å². The summed E-state index contributed by atoms with van der Waals surface area (Å²) in [6.45, 7) is 1.68. The molecule has 3 atom stereocenters. The molecule has 0 aliphatic heterocycles. The number of rotatable bonds is 9. The van der Waals surface area contributed by atoms with Crippen LogP contribution in [0.25, 0.3) is 0 Å². The van der Waals surface area contributed by atoms with E-state index in [2.05, 4.69) is 5.09 Å². The topological polar surface area (TPSA) is 64.6 Å². The van der Waals surface area contributed by atoms with Gasteiger partial charge in [0.2, 0.25) is 0 Å². The van der Waals surface area contributed by atoms with E-state index in [0.29, 0.717) is 27.1 Å². The van der Waals surface area contributed by atoms with Crippen LogP contribution in [-0.4, -0.2) is 18.1 Å². The summed E-state index contributed by atoms with van der Waals surface area (Å²) in [6, 6.07) is 12.7. The Bertz CT molecular complexity index is 833. The average molecular weight is 462 g/mol. The van der Waals surface area contributed by atoms with Gasteiger partial charge >= 0.3 is 12.7 Å². The molecule has 0 saturated heterocycles. The van der Waals surface area contributed by atoms with E-state index in [0.717, 1.165) is 11.4 Å². The average Bonchev–Trinajstić information content (AvgIpc) is 2.60. The highest BCUT2D eigenvalue weighted by atomic mass is 35.5. The molecule has 0 unspecified atom stereocenters. The molecule has 9 heteroatoms. The Morgan fingerprint density at radius 1 is 1.14 bits per heavy atom. The number of carbonyl (C=O) groups is 1. The van der Waals surface area contributed by atoms with Gasteiger partial charge in [-0.3, -0.25) is 4.79 Å². The molecule has 0 amide bonds. The standard InChI is InChI=1S/C19H22Cl2NO4PS/c1-4-13(2)25-19(23)14(3)22-27(24,26-17-8-6-5-7-9-17)28-18-11-15(20)10-16(21)12-18/h5-14H,4H2,1-3H3,(H,22,24)/t13-,14+,27+/m1/s1. The number of ether oxygens (including phenoxy) is 1. The minimum absolute atomic E-state index is 0.231. The van der Waals surface area contributed by atoms with Gasteiger partial charge in [0.25, 0.3) is 0 Å². The molecule has 28 heavy (non-hydrogen) atoms. The molecule has 2 aromatic carbocycles. The highest BCUT2D eigenvalue weighted by Crippen LogP contribution is 2.59. The summed E-state index contributed by atoms with van der Waals surface area (Å²) in [6.07, 6.45) is 0.456. The Kier molecular flexibility index (Phi) is 8.72. The third-order valence-corrected chi connectivity index (χ3v) is 7.80. The van der Waals surface area contributed by atoms with E-state index in [-0.39, 0.29) is 6.10 Å². The van der Waals surface area contributed by atoms with Crippen LogP contribution >= 0.6 is 41.3 Å². The van der Waals surface area contributed by atoms with Crippen molar-refractivity contribution in [2.75, 3.05) is 0 Å². The Morgan fingerprint density at radius 3 is 2.32 bits per heavy atom. The first-order chi connectivity index (χ1) is 13.2. The summed E-state index contributed by atoms with van der Waals surface area (Å²) in [5.41, 5.74) is 0. The Morgan fingerprint density at radius 2 is 1.75 bits per heavy atom. The fourth-order valence-corrected chi connectivity index (χ4v) is 6.65. The molecule has 0 heterocycles. The molecule has 152 valence electrons. The minimum Gasteiger partial charge on any atom is -0.462 e. The van der Waals surface area contributed by atoms with Crippen LogP contribution in [0, 0.1) is 0 Å². The maximum atomic E-state index is 13.6. The van der Waals surface area contributed by atoms with Crippen molar-refractivity contribution in [2.45, 2.75) is 44.2 Å². The molecule has 0 aliphatic rings. The van der Waals surface area contributed by atoms with Gasteiger partial charge in [0, 0.05) is 14.9 Å². The van der Waals surface area contributed by atoms with Gasteiger partial charge in [0.1, 0.15) is 11.8 Å². The smallest absolute Gasteiger partial charge is 0.379 e.